The van der Waals surface area contributed by atoms with Crippen LogP contribution < -0.4 is 0 Å². The molecule has 1 aromatic carbocycles. The first-order chi connectivity index (χ1) is 11.7. The van der Waals surface area contributed by atoms with Gasteiger partial charge < -0.3 is 14.2 Å². The molecule has 2 heterocycles. The van der Waals surface area contributed by atoms with Crippen LogP contribution in [0.1, 0.15) is 24.0 Å². The highest BCUT2D eigenvalue weighted by Crippen LogP contribution is 2.19. The Morgan fingerprint density at radius 3 is 2.79 bits per heavy atom. The van der Waals surface area contributed by atoms with Crippen LogP contribution in [0.25, 0.3) is 0 Å². The molecule has 1 aromatic heterocycles. The van der Waals surface area contributed by atoms with Crippen LogP contribution in [-0.4, -0.2) is 43.0 Å². The summed E-state index contributed by atoms with van der Waals surface area (Å²) in [6.45, 7) is 5.48. The van der Waals surface area contributed by atoms with Crippen molar-refractivity contribution >= 4 is 0 Å². The third-order valence-electron chi connectivity index (χ3n) is 4.84. The van der Waals surface area contributed by atoms with E-state index in [1.807, 2.05) is 24.5 Å². The predicted octanol–water partition coefficient (Wildman–Crippen LogP) is 3.81. The molecule has 0 spiro atoms. The zero-order chi connectivity index (χ0) is 16.8. The van der Waals surface area contributed by atoms with Gasteiger partial charge in [-0.1, -0.05) is 12.1 Å². The zero-order valence-electron chi connectivity index (χ0n) is 14.5. The van der Waals surface area contributed by atoms with E-state index in [2.05, 4.69) is 16.8 Å². The largest absolute Gasteiger partial charge is 0.472 e. The van der Waals surface area contributed by atoms with Crippen molar-refractivity contribution in [2.75, 3.05) is 33.2 Å². The molecule has 3 nitrogen and oxygen atoms in total. The van der Waals surface area contributed by atoms with Crippen LogP contribution in [-0.2, 0) is 13.0 Å². The quantitative estimate of drug-likeness (QED) is 0.770. The van der Waals surface area contributed by atoms with Crippen molar-refractivity contribution in [3.8, 4) is 0 Å². The summed E-state index contributed by atoms with van der Waals surface area (Å²) in [6, 6.07) is 8.94. The van der Waals surface area contributed by atoms with Gasteiger partial charge in [0.05, 0.1) is 12.5 Å². The number of piperidine rings is 1. The maximum absolute atomic E-state index is 13.0. The average molecular weight is 330 g/mol. The summed E-state index contributed by atoms with van der Waals surface area (Å²) in [5.74, 6) is 0.571. The first-order valence-electron chi connectivity index (χ1n) is 8.85. The van der Waals surface area contributed by atoms with Crippen LogP contribution in [0.4, 0.5) is 4.39 Å². The van der Waals surface area contributed by atoms with E-state index in [0.29, 0.717) is 0 Å². The van der Waals surface area contributed by atoms with Gasteiger partial charge in [0.1, 0.15) is 5.82 Å². The van der Waals surface area contributed by atoms with Gasteiger partial charge in [0.15, 0.2) is 0 Å². The third-order valence-corrected chi connectivity index (χ3v) is 4.84. The van der Waals surface area contributed by atoms with E-state index in [4.69, 9.17) is 4.42 Å². The second-order valence-corrected chi connectivity index (χ2v) is 7.01. The molecule has 1 atom stereocenters. The van der Waals surface area contributed by atoms with E-state index >= 15 is 0 Å². The van der Waals surface area contributed by atoms with Gasteiger partial charge in [-0.2, -0.15) is 0 Å². The Morgan fingerprint density at radius 2 is 2.04 bits per heavy atom. The fraction of sp³-hybridized carbons (Fsp3) is 0.500. The molecule has 24 heavy (non-hydrogen) atoms. The number of hydrogen-bond acceptors (Lipinski definition) is 3. The van der Waals surface area contributed by atoms with Crippen molar-refractivity contribution in [2.45, 2.75) is 25.8 Å². The Bertz CT molecular complexity index is 597. The summed E-state index contributed by atoms with van der Waals surface area (Å²) < 4.78 is 18.1. The summed E-state index contributed by atoms with van der Waals surface area (Å²) in [4.78, 5) is 4.95. The smallest absolute Gasteiger partial charge is 0.123 e. The van der Waals surface area contributed by atoms with Crippen LogP contribution >= 0.6 is 0 Å². The van der Waals surface area contributed by atoms with Gasteiger partial charge in [0, 0.05) is 31.7 Å². The monoisotopic (exact) mass is 330 g/mol. The Labute approximate surface area is 144 Å². The second-order valence-electron chi connectivity index (χ2n) is 7.01. The molecule has 0 aliphatic carbocycles. The van der Waals surface area contributed by atoms with Crippen molar-refractivity contribution in [1.29, 1.82) is 0 Å². The molecule has 3 rings (SSSR count). The minimum Gasteiger partial charge on any atom is -0.472 e. The minimum absolute atomic E-state index is 0.155. The SMILES string of the molecule is CN(Cc1ccoc1)CC1CCCN(CCc2ccc(F)cc2)C1. The molecule has 1 saturated heterocycles. The van der Waals surface area contributed by atoms with Crippen LogP contribution in [0.2, 0.25) is 0 Å². The molecule has 1 aliphatic heterocycles. The Morgan fingerprint density at radius 1 is 1.21 bits per heavy atom. The van der Waals surface area contributed by atoms with E-state index < -0.39 is 0 Å². The highest BCUT2D eigenvalue weighted by atomic mass is 19.1. The molecule has 1 aliphatic rings. The van der Waals surface area contributed by atoms with Crippen LogP contribution in [0.5, 0.6) is 0 Å². The molecule has 0 saturated carbocycles. The van der Waals surface area contributed by atoms with Gasteiger partial charge in [-0.15, -0.1) is 0 Å². The number of halogens is 1. The maximum atomic E-state index is 13.0. The van der Waals surface area contributed by atoms with Crippen LogP contribution in [0.3, 0.4) is 0 Å². The number of benzene rings is 1. The van der Waals surface area contributed by atoms with E-state index in [0.717, 1.165) is 38.5 Å². The number of likely N-dealkylation sites (tertiary alicyclic amines) is 1. The topological polar surface area (TPSA) is 19.6 Å². The normalized spacial score (nSPS) is 19.0. The van der Waals surface area contributed by atoms with Gasteiger partial charge in [-0.25, -0.2) is 4.39 Å². The van der Waals surface area contributed by atoms with Gasteiger partial charge in [0.25, 0.3) is 0 Å². The third kappa shape index (κ3) is 5.18. The van der Waals surface area contributed by atoms with E-state index in [9.17, 15) is 4.39 Å². The molecule has 0 radical (unpaired) electrons. The summed E-state index contributed by atoms with van der Waals surface area (Å²) in [6.07, 6.45) is 7.14. The van der Waals surface area contributed by atoms with Gasteiger partial charge in [0.2, 0.25) is 0 Å². The lowest BCUT2D eigenvalue weighted by Gasteiger charge is -2.34. The first-order valence-corrected chi connectivity index (χ1v) is 8.85. The van der Waals surface area contributed by atoms with E-state index in [-0.39, 0.29) is 5.82 Å². The Balaban J connectivity index is 1.42. The molecule has 130 valence electrons. The first kappa shape index (κ1) is 17.2. The van der Waals surface area contributed by atoms with Crippen molar-refractivity contribution in [3.05, 3.63) is 59.8 Å². The number of rotatable bonds is 7. The highest BCUT2D eigenvalue weighted by molar-refractivity contribution is 5.16. The molecule has 0 amide bonds. The van der Waals surface area contributed by atoms with Crippen LogP contribution in [0, 0.1) is 11.7 Å². The van der Waals surface area contributed by atoms with Gasteiger partial charge >= 0.3 is 0 Å². The van der Waals surface area contributed by atoms with E-state index in [1.54, 1.807) is 18.4 Å². The predicted molar refractivity (Wildman–Crippen MR) is 94.3 cm³/mol. The lowest BCUT2D eigenvalue weighted by Crippen LogP contribution is -2.40. The lowest BCUT2D eigenvalue weighted by atomic mass is 9.97. The molecule has 0 N–H and O–H groups in total. The van der Waals surface area contributed by atoms with Crippen molar-refractivity contribution in [1.82, 2.24) is 9.80 Å². The summed E-state index contributed by atoms with van der Waals surface area (Å²) in [5, 5.41) is 0. The molecule has 2 aromatic rings. The van der Waals surface area contributed by atoms with E-state index in [1.165, 1.54) is 30.5 Å². The molecule has 1 fully saturated rings. The standard InChI is InChI=1S/C20H27FN2O/c1-22(14-19-9-12-24-16-19)13-18-3-2-10-23(15-18)11-8-17-4-6-20(21)7-5-17/h4-7,9,12,16,18H,2-3,8,10-11,13-15H2,1H3. The lowest BCUT2D eigenvalue weighted by molar-refractivity contribution is 0.142. The molecule has 4 heteroatoms. The summed E-state index contributed by atoms with van der Waals surface area (Å²) >= 11 is 0. The van der Waals surface area contributed by atoms with Crippen molar-refractivity contribution in [2.24, 2.45) is 5.92 Å². The maximum Gasteiger partial charge on any atom is 0.123 e. The van der Waals surface area contributed by atoms with Crippen LogP contribution in [0.15, 0.2) is 47.3 Å². The number of nitrogens with zero attached hydrogens (tertiary/aromatic N) is 2. The Hall–Kier alpha value is -1.65. The summed E-state index contributed by atoms with van der Waals surface area (Å²) in [7, 11) is 2.18. The highest BCUT2D eigenvalue weighted by Gasteiger charge is 2.21. The number of furan rings is 1. The molecule has 0 bridgehead atoms. The second kappa shape index (κ2) is 8.45. The van der Waals surface area contributed by atoms with Gasteiger partial charge in [-0.05, 0) is 62.5 Å². The van der Waals surface area contributed by atoms with Crippen molar-refractivity contribution in [3.63, 3.8) is 0 Å². The summed E-state index contributed by atoms with van der Waals surface area (Å²) in [5.41, 5.74) is 2.46. The molecular formula is C20H27FN2O. The molecule has 1 unspecified atom stereocenters. The van der Waals surface area contributed by atoms with Crippen molar-refractivity contribution < 1.29 is 8.81 Å². The molecular weight excluding hydrogens is 303 g/mol. The van der Waals surface area contributed by atoms with Gasteiger partial charge in [-0.3, -0.25) is 0 Å². The Kier molecular flexibility index (Phi) is 6.05. The minimum atomic E-state index is -0.155. The fourth-order valence-corrected chi connectivity index (χ4v) is 3.64. The number of hydrogen-bond donors (Lipinski definition) is 0. The zero-order valence-corrected chi connectivity index (χ0v) is 14.5. The fourth-order valence-electron chi connectivity index (χ4n) is 3.64. The average Bonchev–Trinajstić information content (AvgIpc) is 3.07.